The van der Waals surface area contributed by atoms with E-state index in [1.165, 1.54) is 0 Å². The Labute approximate surface area is 165 Å². The molecule has 0 saturated carbocycles. The summed E-state index contributed by atoms with van der Waals surface area (Å²) in [5.74, 6) is -5.82. The monoisotopic (exact) mass is 401 g/mol. The summed E-state index contributed by atoms with van der Waals surface area (Å²) in [5.41, 5.74) is 2.84. The number of carbonyl (C=O) groups excluding carboxylic acids is 2. The van der Waals surface area contributed by atoms with Gasteiger partial charge in [-0.05, 0) is 62.4 Å². The number of nitrogens with zero attached hydrogens (tertiary/aromatic N) is 1. The van der Waals surface area contributed by atoms with Crippen molar-refractivity contribution in [2.45, 2.75) is 13.8 Å². The second-order valence-electron chi connectivity index (χ2n) is 6.45. The van der Waals surface area contributed by atoms with E-state index in [0.717, 1.165) is 23.1 Å². The normalized spacial score (nSPS) is 10.7. The van der Waals surface area contributed by atoms with Gasteiger partial charge in [0.25, 0.3) is 5.91 Å². The predicted octanol–water partition coefficient (Wildman–Crippen LogP) is 3.88. The molecule has 1 aromatic heterocycles. The minimum absolute atomic E-state index is 0.336. The first-order chi connectivity index (χ1) is 13.8. The summed E-state index contributed by atoms with van der Waals surface area (Å²) < 4.78 is 41.7. The van der Waals surface area contributed by atoms with Crippen LogP contribution >= 0.6 is 0 Å². The standard InChI is InChI=1S/C21H18F3N3O2/c1-12-3-4-13(2)27(12)15-7-5-14(6-8-15)21(29)25-11-18(28)26-17-10-9-16(22)19(23)20(17)24/h3-10H,11H2,1-2H3,(H,25,29)(H,26,28). The highest BCUT2D eigenvalue weighted by Gasteiger charge is 2.16. The Morgan fingerprint density at radius 3 is 2.10 bits per heavy atom. The fraction of sp³-hybridized carbons (Fsp3) is 0.143. The first-order valence-electron chi connectivity index (χ1n) is 8.75. The van der Waals surface area contributed by atoms with E-state index in [1.807, 2.05) is 30.5 Å². The van der Waals surface area contributed by atoms with Crippen LogP contribution in [0.2, 0.25) is 0 Å². The van der Waals surface area contributed by atoms with Crippen molar-refractivity contribution in [3.8, 4) is 5.69 Å². The minimum Gasteiger partial charge on any atom is -0.343 e. The zero-order chi connectivity index (χ0) is 21.1. The van der Waals surface area contributed by atoms with Crippen molar-refractivity contribution in [1.82, 2.24) is 9.88 Å². The molecule has 0 saturated heterocycles. The maximum atomic E-state index is 13.6. The van der Waals surface area contributed by atoms with Gasteiger partial charge in [-0.1, -0.05) is 0 Å². The van der Waals surface area contributed by atoms with Gasteiger partial charge in [0.15, 0.2) is 17.5 Å². The quantitative estimate of drug-likeness (QED) is 0.638. The van der Waals surface area contributed by atoms with Gasteiger partial charge in [-0.3, -0.25) is 9.59 Å². The number of nitrogens with one attached hydrogen (secondary N) is 2. The van der Waals surface area contributed by atoms with Crippen LogP contribution in [-0.4, -0.2) is 22.9 Å². The fourth-order valence-corrected chi connectivity index (χ4v) is 2.92. The third-order valence-corrected chi connectivity index (χ3v) is 4.38. The number of halogens is 3. The Kier molecular flexibility index (Phi) is 5.72. The van der Waals surface area contributed by atoms with Gasteiger partial charge >= 0.3 is 0 Å². The molecule has 150 valence electrons. The lowest BCUT2D eigenvalue weighted by atomic mass is 10.2. The van der Waals surface area contributed by atoms with E-state index in [9.17, 15) is 22.8 Å². The van der Waals surface area contributed by atoms with Crippen molar-refractivity contribution in [3.63, 3.8) is 0 Å². The van der Waals surface area contributed by atoms with Crippen molar-refractivity contribution in [2.75, 3.05) is 11.9 Å². The van der Waals surface area contributed by atoms with Gasteiger partial charge in [0.1, 0.15) is 0 Å². The van der Waals surface area contributed by atoms with E-state index in [2.05, 4.69) is 10.6 Å². The lowest BCUT2D eigenvalue weighted by Crippen LogP contribution is -2.33. The molecule has 0 bridgehead atoms. The molecule has 0 fully saturated rings. The van der Waals surface area contributed by atoms with E-state index in [1.54, 1.807) is 24.3 Å². The largest absolute Gasteiger partial charge is 0.343 e. The topological polar surface area (TPSA) is 63.1 Å². The Morgan fingerprint density at radius 2 is 1.48 bits per heavy atom. The molecule has 0 aliphatic heterocycles. The Bertz CT molecular complexity index is 1060. The van der Waals surface area contributed by atoms with Crippen molar-refractivity contribution in [1.29, 1.82) is 0 Å². The highest BCUT2D eigenvalue weighted by atomic mass is 19.2. The minimum atomic E-state index is -1.68. The average Bonchev–Trinajstić information content (AvgIpc) is 3.05. The maximum Gasteiger partial charge on any atom is 0.251 e. The number of anilines is 1. The van der Waals surface area contributed by atoms with Crippen LogP contribution in [0.3, 0.4) is 0 Å². The summed E-state index contributed by atoms with van der Waals surface area (Å²) >= 11 is 0. The van der Waals surface area contributed by atoms with Crippen LogP contribution in [0.15, 0.2) is 48.5 Å². The number of carbonyl (C=O) groups is 2. The van der Waals surface area contributed by atoms with Gasteiger partial charge < -0.3 is 15.2 Å². The van der Waals surface area contributed by atoms with E-state index in [4.69, 9.17) is 0 Å². The van der Waals surface area contributed by atoms with Crippen LogP contribution in [0, 0.1) is 31.3 Å². The first-order valence-corrected chi connectivity index (χ1v) is 8.75. The summed E-state index contributed by atoms with van der Waals surface area (Å²) in [6.45, 7) is 3.49. The molecule has 0 aliphatic rings. The van der Waals surface area contributed by atoms with E-state index < -0.39 is 41.5 Å². The van der Waals surface area contributed by atoms with E-state index >= 15 is 0 Å². The van der Waals surface area contributed by atoms with Crippen molar-refractivity contribution in [3.05, 3.63) is 82.9 Å². The average molecular weight is 401 g/mol. The van der Waals surface area contributed by atoms with Gasteiger partial charge in [-0.2, -0.15) is 0 Å². The Morgan fingerprint density at radius 1 is 0.862 bits per heavy atom. The molecule has 1 heterocycles. The molecule has 0 atom stereocenters. The summed E-state index contributed by atoms with van der Waals surface area (Å²) in [4.78, 5) is 24.1. The van der Waals surface area contributed by atoms with E-state index in [-0.39, 0.29) is 0 Å². The molecule has 0 spiro atoms. The molecule has 29 heavy (non-hydrogen) atoms. The van der Waals surface area contributed by atoms with Gasteiger partial charge in [0.05, 0.1) is 12.2 Å². The second kappa shape index (κ2) is 8.22. The molecule has 2 N–H and O–H groups in total. The molecule has 2 aromatic carbocycles. The number of hydrogen-bond donors (Lipinski definition) is 2. The first kappa shape index (κ1) is 20.2. The van der Waals surface area contributed by atoms with Crippen LogP contribution in [0.5, 0.6) is 0 Å². The van der Waals surface area contributed by atoms with Crippen LogP contribution in [0.4, 0.5) is 18.9 Å². The maximum absolute atomic E-state index is 13.6. The summed E-state index contributed by atoms with van der Waals surface area (Å²) in [7, 11) is 0. The third-order valence-electron chi connectivity index (χ3n) is 4.38. The zero-order valence-electron chi connectivity index (χ0n) is 15.7. The molecule has 0 radical (unpaired) electrons. The number of rotatable bonds is 5. The molecular formula is C21H18F3N3O2. The zero-order valence-corrected chi connectivity index (χ0v) is 15.7. The van der Waals surface area contributed by atoms with Crippen LogP contribution in [-0.2, 0) is 4.79 Å². The van der Waals surface area contributed by atoms with Crippen molar-refractivity contribution in [2.24, 2.45) is 0 Å². The molecule has 5 nitrogen and oxygen atoms in total. The lowest BCUT2D eigenvalue weighted by molar-refractivity contribution is -0.115. The summed E-state index contributed by atoms with van der Waals surface area (Å²) in [5, 5.41) is 4.48. The number of benzene rings is 2. The molecule has 8 heteroatoms. The predicted molar refractivity (Wildman–Crippen MR) is 103 cm³/mol. The van der Waals surface area contributed by atoms with Gasteiger partial charge in [0, 0.05) is 22.6 Å². The molecule has 3 rings (SSSR count). The van der Waals surface area contributed by atoms with Crippen molar-refractivity contribution >= 4 is 17.5 Å². The van der Waals surface area contributed by atoms with Crippen LogP contribution in [0.25, 0.3) is 5.69 Å². The number of hydrogen-bond acceptors (Lipinski definition) is 2. The molecule has 0 aliphatic carbocycles. The molecular weight excluding hydrogens is 383 g/mol. The molecule has 3 aromatic rings. The van der Waals surface area contributed by atoms with Crippen molar-refractivity contribution < 1.29 is 22.8 Å². The van der Waals surface area contributed by atoms with Gasteiger partial charge in [-0.25, -0.2) is 13.2 Å². The van der Waals surface area contributed by atoms with E-state index in [0.29, 0.717) is 11.6 Å². The smallest absolute Gasteiger partial charge is 0.251 e. The van der Waals surface area contributed by atoms with Gasteiger partial charge in [-0.15, -0.1) is 0 Å². The highest BCUT2D eigenvalue weighted by Crippen LogP contribution is 2.19. The Balaban J connectivity index is 1.61. The number of aromatic nitrogens is 1. The summed E-state index contributed by atoms with van der Waals surface area (Å²) in [6.07, 6.45) is 0. The number of amides is 2. The van der Waals surface area contributed by atoms with Gasteiger partial charge in [0.2, 0.25) is 5.91 Å². The highest BCUT2D eigenvalue weighted by molar-refractivity contribution is 5.99. The number of aryl methyl sites for hydroxylation is 2. The second-order valence-corrected chi connectivity index (χ2v) is 6.45. The summed E-state index contributed by atoms with van der Waals surface area (Å²) in [6, 6.07) is 12.4. The fourth-order valence-electron chi connectivity index (χ4n) is 2.92. The van der Waals surface area contributed by atoms with Crippen LogP contribution in [0.1, 0.15) is 21.7 Å². The Hall–Kier alpha value is -3.55. The third kappa shape index (κ3) is 4.31. The molecule has 0 unspecified atom stereocenters. The lowest BCUT2D eigenvalue weighted by Gasteiger charge is -2.11. The molecule has 2 amide bonds. The SMILES string of the molecule is Cc1ccc(C)n1-c1ccc(C(=O)NCC(=O)Nc2ccc(F)c(F)c2F)cc1. The van der Waals surface area contributed by atoms with Crippen LogP contribution < -0.4 is 10.6 Å².